The second kappa shape index (κ2) is 6.78. The predicted molar refractivity (Wildman–Crippen MR) is 86.8 cm³/mol. The number of carboxylic acid groups (broad SMARTS) is 1. The summed E-state index contributed by atoms with van der Waals surface area (Å²) in [6.45, 7) is 16.9. The molecule has 1 unspecified atom stereocenters. The first-order valence-corrected chi connectivity index (χ1v) is 7.74. The van der Waals surface area contributed by atoms with Gasteiger partial charge in [-0.1, -0.05) is 60.1 Å². The number of carboxylic acids is 1. The van der Waals surface area contributed by atoms with Crippen molar-refractivity contribution in [2.75, 3.05) is 0 Å². The van der Waals surface area contributed by atoms with Crippen molar-refractivity contribution in [2.45, 2.75) is 74.7 Å². The van der Waals surface area contributed by atoms with Crippen molar-refractivity contribution in [1.82, 2.24) is 0 Å². The van der Waals surface area contributed by atoms with Crippen LogP contribution in [-0.4, -0.2) is 11.1 Å². The Bertz CT molecular complexity index is 348. The average molecular weight is 282 g/mol. The lowest BCUT2D eigenvalue weighted by Crippen LogP contribution is -2.33. The van der Waals surface area contributed by atoms with Crippen molar-refractivity contribution < 1.29 is 9.90 Å². The van der Waals surface area contributed by atoms with E-state index in [1.807, 2.05) is 13.8 Å². The molecule has 118 valence electrons. The van der Waals surface area contributed by atoms with Crippen molar-refractivity contribution in [1.29, 1.82) is 0 Å². The quantitative estimate of drug-likeness (QED) is 0.594. The summed E-state index contributed by atoms with van der Waals surface area (Å²) in [6.07, 6.45) is 7.45. The Balaban J connectivity index is 4.71. The zero-order chi connectivity index (χ0) is 16.2. The maximum absolute atomic E-state index is 11.3. The molecule has 0 heterocycles. The van der Waals surface area contributed by atoms with Gasteiger partial charge in [0.05, 0.1) is 5.41 Å². The molecule has 0 aromatic carbocycles. The van der Waals surface area contributed by atoms with E-state index in [0.717, 1.165) is 6.42 Å². The Kier molecular flexibility index (Phi) is 6.51. The minimum Gasteiger partial charge on any atom is -0.481 e. The lowest BCUT2D eigenvalue weighted by Gasteiger charge is -2.36. The maximum Gasteiger partial charge on any atom is 0.309 e. The second-order valence-corrected chi connectivity index (χ2v) is 8.29. The molecule has 0 aliphatic heterocycles. The van der Waals surface area contributed by atoms with Crippen LogP contribution in [0.15, 0.2) is 12.2 Å². The minimum atomic E-state index is -0.714. The fraction of sp³-hybridized carbons (Fsp3) is 0.833. The van der Waals surface area contributed by atoms with Gasteiger partial charge in [0.2, 0.25) is 0 Å². The number of allylic oxidation sites excluding steroid dienone is 2. The highest BCUT2D eigenvalue weighted by Gasteiger charge is 2.36. The van der Waals surface area contributed by atoms with E-state index in [1.165, 1.54) is 6.42 Å². The number of rotatable bonds is 8. The van der Waals surface area contributed by atoms with E-state index in [2.05, 4.69) is 53.7 Å². The fourth-order valence-corrected chi connectivity index (χ4v) is 2.37. The van der Waals surface area contributed by atoms with Crippen LogP contribution in [0.4, 0.5) is 0 Å². The molecule has 0 saturated heterocycles. The van der Waals surface area contributed by atoms with Crippen molar-refractivity contribution in [2.24, 2.45) is 22.2 Å². The molecule has 1 N–H and O–H groups in total. The third kappa shape index (κ3) is 6.11. The summed E-state index contributed by atoms with van der Waals surface area (Å²) in [5.74, 6) is -0.345. The molecule has 0 aliphatic carbocycles. The van der Waals surface area contributed by atoms with Crippen molar-refractivity contribution in [3.63, 3.8) is 0 Å². The SMILES string of the molecule is CCC(C)(C)C/C=C\C(C)C(C)(C)CC(C)(C)C(=O)O. The molecule has 0 radical (unpaired) electrons. The highest BCUT2D eigenvalue weighted by atomic mass is 16.4. The molecule has 2 nitrogen and oxygen atoms in total. The Morgan fingerprint density at radius 1 is 1.15 bits per heavy atom. The Labute approximate surface area is 125 Å². The van der Waals surface area contributed by atoms with Crippen LogP contribution in [0.5, 0.6) is 0 Å². The van der Waals surface area contributed by atoms with Gasteiger partial charge in [-0.25, -0.2) is 0 Å². The van der Waals surface area contributed by atoms with Crippen LogP contribution in [0.1, 0.15) is 74.7 Å². The molecule has 0 aromatic rings. The molecule has 0 rings (SSSR count). The molecule has 0 spiro atoms. The van der Waals surface area contributed by atoms with E-state index in [4.69, 9.17) is 0 Å². The van der Waals surface area contributed by atoms with Gasteiger partial charge >= 0.3 is 5.97 Å². The van der Waals surface area contributed by atoms with Crippen molar-refractivity contribution in [3.8, 4) is 0 Å². The van der Waals surface area contributed by atoms with Crippen LogP contribution in [-0.2, 0) is 4.79 Å². The molecular formula is C18H34O2. The van der Waals surface area contributed by atoms with E-state index in [0.29, 0.717) is 17.8 Å². The topological polar surface area (TPSA) is 37.3 Å². The summed E-state index contributed by atoms with van der Waals surface area (Å²) in [7, 11) is 0. The van der Waals surface area contributed by atoms with Gasteiger partial charge in [-0.2, -0.15) is 0 Å². The molecule has 20 heavy (non-hydrogen) atoms. The van der Waals surface area contributed by atoms with Gasteiger partial charge in [0.15, 0.2) is 0 Å². The van der Waals surface area contributed by atoms with Gasteiger partial charge in [0.1, 0.15) is 0 Å². The summed E-state index contributed by atoms with van der Waals surface area (Å²) in [5.41, 5.74) is -0.344. The van der Waals surface area contributed by atoms with Gasteiger partial charge in [0, 0.05) is 0 Å². The third-order valence-electron chi connectivity index (χ3n) is 4.76. The Hall–Kier alpha value is -0.790. The summed E-state index contributed by atoms with van der Waals surface area (Å²) in [6, 6.07) is 0. The molecule has 0 saturated carbocycles. The van der Waals surface area contributed by atoms with Crippen LogP contribution in [0.25, 0.3) is 0 Å². The summed E-state index contributed by atoms with van der Waals surface area (Å²) >= 11 is 0. The largest absolute Gasteiger partial charge is 0.481 e. The fourth-order valence-electron chi connectivity index (χ4n) is 2.37. The van der Waals surface area contributed by atoms with E-state index in [1.54, 1.807) is 0 Å². The van der Waals surface area contributed by atoms with Crippen LogP contribution in [0.2, 0.25) is 0 Å². The molecule has 0 fully saturated rings. The number of carbonyl (C=O) groups is 1. The maximum atomic E-state index is 11.3. The zero-order valence-corrected chi connectivity index (χ0v) is 14.7. The van der Waals surface area contributed by atoms with E-state index < -0.39 is 11.4 Å². The normalized spacial score (nSPS) is 15.6. The Morgan fingerprint density at radius 3 is 2.05 bits per heavy atom. The molecule has 1 atom stereocenters. The number of hydrogen-bond donors (Lipinski definition) is 1. The van der Waals surface area contributed by atoms with Crippen molar-refractivity contribution in [3.05, 3.63) is 12.2 Å². The zero-order valence-electron chi connectivity index (χ0n) is 14.7. The lowest BCUT2D eigenvalue weighted by atomic mass is 9.68. The monoisotopic (exact) mass is 282 g/mol. The first-order chi connectivity index (χ1) is 8.84. The molecule has 0 aliphatic rings. The molecule has 0 aromatic heterocycles. The molecule has 2 heteroatoms. The van der Waals surface area contributed by atoms with Crippen LogP contribution < -0.4 is 0 Å². The highest BCUT2D eigenvalue weighted by molar-refractivity contribution is 5.73. The van der Waals surface area contributed by atoms with Crippen molar-refractivity contribution >= 4 is 5.97 Å². The predicted octanol–water partition coefficient (Wildman–Crippen LogP) is 5.53. The van der Waals surface area contributed by atoms with Gasteiger partial charge in [-0.05, 0) is 43.4 Å². The van der Waals surface area contributed by atoms with Crippen LogP contribution in [0.3, 0.4) is 0 Å². The third-order valence-corrected chi connectivity index (χ3v) is 4.76. The molecule has 0 amide bonds. The first kappa shape index (κ1) is 19.2. The molecular weight excluding hydrogens is 248 g/mol. The second-order valence-electron chi connectivity index (χ2n) is 8.29. The average Bonchev–Trinajstić information content (AvgIpc) is 2.27. The number of hydrogen-bond acceptors (Lipinski definition) is 1. The van der Waals surface area contributed by atoms with Crippen LogP contribution >= 0.6 is 0 Å². The first-order valence-electron chi connectivity index (χ1n) is 7.74. The van der Waals surface area contributed by atoms with Gasteiger partial charge in [-0.3, -0.25) is 4.79 Å². The number of aliphatic carboxylic acids is 1. The minimum absolute atomic E-state index is 0.0191. The van der Waals surface area contributed by atoms with Gasteiger partial charge in [0.25, 0.3) is 0 Å². The molecule has 0 bridgehead atoms. The summed E-state index contributed by atoms with van der Waals surface area (Å²) in [5, 5.41) is 9.28. The van der Waals surface area contributed by atoms with E-state index in [9.17, 15) is 9.90 Å². The highest BCUT2D eigenvalue weighted by Crippen LogP contribution is 2.40. The summed E-state index contributed by atoms with van der Waals surface area (Å²) in [4.78, 5) is 11.3. The Morgan fingerprint density at radius 2 is 1.65 bits per heavy atom. The lowest BCUT2D eigenvalue weighted by molar-refractivity contribution is -0.149. The van der Waals surface area contributed by atoms with Gasteiger partial charge < -0.3 is 5.11 Å². The smallest absolute Gasteiger partial charge is 0.309 e. The van der Waals surface area contributed by atoms with E-state index >= 15 is 0 Å². The van der Waals surface area contributed by atoms with E-state index in [-0.39, 0.29) is 5.41 Å². The standard InChI is InChI=1S/C18H34O2/c1-9-16(3,4)12-10-11-14(2)17(5,6)13-18(7,8)15(19)20/h10-11,14H,9,12-13H2,1-8H3,(H,19,20)/b11-10-. The van der Waals surface area contributed by atoms with Crippen LogP contribution in [0, 0.1) is 22.2 Å². The van der Waals surface area contributed by atoms with Gasteiger partial charge in [-0.15, -0.1) is 0 Å². The summed E-state index contributed by atoms with van der Waals surface area (Å²) < 4.78 is 0.